The first-order valence-corrected chi connectivity index (χ1v) is 11.5. The van der Waals surface area contributed by atoms with Gasteiger partial charge in [-0.1, -0.05) is 23.7 Å². The molecule has 2 aromatic carbocycles. The Bertz CT molecular complexity index is 925. The normalized spacial score (nSPS) is 17.0. The van der Waals surface area contributed by atoms with Gasteiger partial charge in [-0.05, 0) is 49.2 Å². The van der Waals surface area contributed by atoms with Crippen molar-refractivity contribution in [2.45, 2.75) is 18.9 Å². The maximum atomic E-state index is 12.6. The number of carbonyl (C=O) groups excluding carboxylic acids is 2. The number of nitrogens with one attached hydrogen (secondary N) is 2. The van der Waals surface area contributed by atoms with Crippen LogP contribution in [0.15, 0.2) is 48.5 Å². The molecule has 4 rings (SSSR count). The Balaban J connectivity index is 1.18. The molecule has 1 saturated heterocycles. The van der Waals surface area contributed by atoms with Gasteiger partial charge in [-0.15, -0.1) is 0 Å². The Morgan fingerprint density at radius 2 is 1.66 bits per heavy atom. The SMILES string of the molecule is O=C(CN1CCN(CCOc2ccc(Cl)cc2)CC1)Nc1ccccc1C(=O)NC1CC1. The first kappa shape index (κ1) is 22.6. The van der Waals surface area contributed by atoms with Crippen LogP contribution in [-0.2, 0) is 4.79 Å². The van der Waals surface area contributed by atoms with Crippen molar-refractivity contribution in [3.05, 3.63) is 59.1 Å². The topological polar surface area (TPSA) is 73.9 Å². The molecule has 0 aromatic heterocycles. The van der Waals surface area contributed by atoms with E-state index in [0.29, 0.717) is 29.4 Å². The lowest BCUT2D eigenvalue weighted by atomic mass is 10.1. The van der Waals surface area contributed by atoms with E-state index in [2.05, 4.69) is 20.4 Å². The number of piperazine rings is 1. The number of ether oxygens (including phenoxy) is 1. The van der Waals surface area contributed by atoms with Gasteiger partial charge >= 0.3 is 0 Å². The standard InChI is InChI=1S/C24H29ClN4O3/c25-18-5-9-20(10-6-18)32-16-15-28-11-13-29(14-12-28)17-23(30)27-22-4-2-1-3-21(22)24(31)26-19-7-8-19/h1-6,9-10,19H,7-8,11-17H2,(H,26,31)(H,27,30). The third-order valence-corrected chi connectivity index (χ3v) is 5.93. The highest BCUT2D eigenvalue weighted by Crippen LogP contribution is 2.21. The summed E-state index contributed by atoms with van der Waals surface area (Å²) in [7, 11) is 0. The summed E-state index contributed by atoms with van der Waals surface area (Å²) in [5.41, 5.74) is 1.08. The summed E-state index contributed by atoms with van der Waals surface area (Å²) < 4.78 is 5.77. The largest absolute Gasteiger partial charge is 0.492 e. The summed E-state index contributed by atoms with van der Waals surface area (Å²) >= 11 is 5.89. The molecule has 2 N–H and O–H groups in total. The lowest BCUT2D eigenvalue weighted by Gasteiger charge is -2.34. The number of amides is 2. The van der Waals surface area contributed by atoms with Crippen LogP contribution in [0.25, 0.3) is 0 Å². The fourth-order valence-electron chi connectivity index (χ4n) is 3.67. The van der Waals surface area contributed by atoms with E-state index in [1.807, 2.05) is 36.4 Å². The van der Waals surface area contributed by atoms with Crippen LogP contribution < -0.4 is 15.4 Å². The smallest absolute Gasteiger partial charge is 0.253 e. The van der Waals surface area contributed by atoms with Gasteiger partial charge in [-0.25, -0.2) is 0 Å². The number of anilines is 1. The molecule has 32 heavy (non-hydrogen) atoms. The zero-order valence-corrected chi connectivity index (χ0v) is 18.8. The van der Waals surface area contributed by atoms with Gasteiger partial charge in [-0.3, -0.25) is 19.4 Å². The number of hydrogen-bond acceptors (Lipinski definition) is 5. The third-order valence-electron chi connectivity index (χ3n) is 5.68. The minimum atomic E-state index is -0.127. The summed E-state index contributed by atoms with van der Waals surface area (Å²) in [6.07, 6.45) is 2.05. The van der Waals surface area contributed by atoms with Crippen LogP contribution in [0.5, 0.6) is 5.75 Å². The summed E-state index contributed by atoms with van der Waals surface area (Å²) in [6.45, 7) is 5.17. The molecule has 0 radical (unpaired) electrons. The fraction of sp³-hybridized carbons (Fsp3) is 0.417. The monoisotopic (exact) mass is 456 g/mol. The average Bonchev–Trinajstić information content (AvgIpc) is 3.60. The molecule has 2 aromatic rings. The molecule has 8 heteroatoms. The number of carbonyl (C=O) groups is 2. The Morgan fingerprint density at radius 1 is 0.969 bits per heavy atom. The molecule has 7 nitrogen and oxygen atoms in total. The van der Waals surface area contributed by atoms with E-state index in [9.17, 15) is 9.59 Å². The summed E-state index contributed by atoms with van der Waals surface area (Å²) in [5, 5.41) is 6.59. The lowest BCUT2D eigenvalue weighted by Crippen LogP contribution is -2.49. The molecule has 2 aliphatic rings. The predicted octanol–water partition coefficient (Wildman–Crippen LogP) is 2.87. The number of benzene rings is 2. The Hall–Kier alpha value is -2.61. The maximum absolute atomic E-state index is 12.6. The molecule has 170 valence electrons. The van der Waals surface area contributed by atoms with Gasteiger partial charge in [0, 0.05) is 43.8 Å². The minimum absolute atomic E-state index is 0.101. The first-order chi connectivity index (χ1) is 15.6. The lowest BCUT2D eigenvalue weighted by molar-refractivity contribution is -0.117. The van der Waals surface area contributed by atoms with E-state index in [-0.39, 0.29) is 17.9 Å². The van der Waals surface area contributed by atoms with Gasteiger partial charge in [0.05, 0.1) is 17.8 Å². The number of para-hydroxylation sites is 1. The number of hydrogen-bond donors (Lipinski definition) is 2. The zero-order chi connectivity index (χ0) is 22.3. The number of nitrogens with zero attached hydrogens (tertiary/aromatic N) is 2. The highest BCUT2D eigenvalue weighted by atomic mass is 35.5. The molecule has 1 saturated carbocycles. The van der Waals surface area contributed by atoms with Gasteiger partial charge in [0.25, 0.3) is 5.91 Å². The molecule has 1 aliphatic heterocycles. The number of halogens is 1. The Morgan fingerprint density at radius 3 is 2.38 bits per heavy atom. The summed E-state index contributed by atoms with van der Waals surface area (Å²) in [4.78, 5) is 29.5. The van der Waals surface area contributed by atoms with Crippen LogP contribution in [0, 0.1) is 0 Å². The van der Waals surface area contributed by atoms with Crippen molar-refractivity contribution < 1.29 is 14.3 Å². The van der Waals surface area contributed by atoms with Gasteiger partial charge in [0.1, 0.15) is 12.4 Å². The van der Waals surface area contributed by atoms with E-state index in [1.54, 1.807) is 12.1 Å². The first-order valence-electron chi connectivity index (χ1n) is 11.1. The second-order valence-corrected chi connectivity index (χ2v) is 8.70. The van der Waals surface area contributed by atoms with E-state index in [1.165, 1.54) is 0 Å². The second-order valence-electron chi connectivity index (χ2n) is 8.26. The van der Waals surface area contributed by atoms with Gasteiger partial charge < -0.3 is 15.4 Å². The molecule has 1 heterocycles. The van der Waals surface area contributed by atoms with Gasteiger partial charge in [0.2, 0.25) is 5.91 Å². The fourth-order valence-corrected chi connectivity index (χ4v) is 3.79. The zero-order valence-electron chi connectivity index (χ0n) is 18.1. The van der Waals surface area contributed by atoms with Crippen molar-refractivity contribution in [3.63, 3.8) is 0 Å². The van der Waals surface area contributed by atoms with Crippen molar-refractivity contribution in [3.8, 4) is 5.75 Å². The minimum Gasteiger partial charge on any atom is -0.492 e. The summed E-state index contributed by atoms with van der Waals surface area (Å²) in [6, 6.07) is 14.8. The van der Waals surface area contributed by atoms with Crippen molar-refractivity contribution in [2.24, 2.45) is 0 Å². The highest BCUT2D eigenvalue weighted by Gasteiger charge is 2.25. The molecule has 2 fully saturated rings. The van der Waals surface area contributed by atoms with E-state index >= 15 is 0 Å². The predicted molar refractivity (Wildman–Crippen MR) is 125 cm³/mol. The van der Waals surface area contributed by atoms with Crippen LogP contribution in [0.3, 0.4) is 0 Å². The average molecular weight is 457 g/mol. The molecular formula is C24H29ClN4O3. The molecule has 0 atom stereocenters. The van der Waals surface area contributed by atoms with Crippen LogP contribution in [0.4, 0.5) is 5.69 Å². The Kier molecular flexibility index (Phi) is 7.63. The van der Waals surface area contributed by atoms with Gasteiger partial charge in [-0.2, -0.15) is 0 Å². The van der Waals surface area contributed by atoms with Crippen LogP contribution in [-0.4, -0.2) is 73.5 Å². The third kappa shape index (κ3) is 6.69. The highest BCUT2D eigenvalue weighted by molar-refractivity contribution is 6.30. The van der Waals surface area contributed by atoms with E-state index in [0.717, 1.165) is 51.3 Å². The molecule has 0 spiro atoms. The molecule has 1 aliphatic carbocycles. The molecule has 0 bridgehead atoms. The van der Waals surface area contributed by atoms with Crippen molar-refractivity contribution in [1.82, 2.24) is 15.1 Å². The van der Waals surface area contributed by atoms with Crippen LogP contribution in [0.1, 0.15) is 23.2 Å². The van der Waals surface area contributed by atoms with E-state index < -0.39 is 0 Å². The van der Waals surface area contributed by atoms with E-state index in [4.69, 9.17) is 16.3 Å². The Labute approximate surface area is 193 Å². The van der Waals surface area contributed by atoms with Gasteiger partial charge in [0.15, 0.2) is 0 Å². The molecule has 0 unspecified atom stereocenters. The van der Waals surface area contributed by atoms with Crippen molar-refractivity contribution in [1.29, 1.82) is 0 Å². The molecular weight excluding hydrogens is 428 g/mol. The van der Waals surface area contributed by atoms with Crippen LogP contribution >= 0.6 is 11.6 Å². The van der Waals surface area contributed by atoms with Crippen molar-refractivity contribution in [2.75, 3.05) is 51.2 Å². The van der Waals surface area contributed by atoms with Crippen molar-refractivity contribution >= 4 is 29.1 Å². The second kappa shape index (κ2) is 10.8. The quantitative estimate of drug-likeness (QED) is 0.607. The summed E-state index contributed by atoms with van der Waals surface area (Å²) in [5.74, 6) is 0.588. The van der Waals surface area contributed by atoms with Crippen LogP contribution in [0.2, 0.25) is 5.02 Å². The maximum Gasteiger partial charge on any atom is 0.253 e. The number of rotatable bonds is 9. The molecule has 2 amide bonds.